The van der Waals surface area contributed by atoms with Crippen molar-refractivity contribution in [3.05, 3.63) is 59.7 Å². The van der Waals surface area contributed by atoms with Crippen LogP contribution >= 0.6 is 0 Å². The highest BCUT2D eigenvalue weighted by atomic mass is 19.1. The summed E-state index contributed by atoms with van der Waals surface area (Å²) in [4.78, 5) is 14.0. The number of benzene rings is 2. The molecule has 0 aromatic heterocycles. The van der Waals surface area contributed by atoms with E-state index < -0.39 is 11.6 Å². The van der Waals surface area contributed by atoms with E-state index in [0.717, 1.165) is 18.6 Å². The zero-order valence-corrected chi connectivity index (χ0v) is 12.3. The van der Waals surface area contributed by atoms with Gasteiger partial charge in [0.25, 0.3) is 5.91 Å². The van der Waals surface area contributed by atoms with Crippen LogP contribution in [0.15, 0.2) is 42.5 Å². The van der Waals surface area contributed by atoms with Crippen LogP contribution in [0.2, 0.25) is 0 Å². The number of hydrogen-bond donors (Lipinski definition) is 1. The van der Waals surface area contributed by atoms with E-state index in [1.54, 1.807) is 29.2 Å². The standard InChI is InChI=1S/C17H16F2N2O2/c18-12-3-6-16(15(19)9-12)23-14-4-1-11(2-5-14)17(22)21-8-7-13(20)10-21/h1-6,9,13H,7-8,10,20H2/t13-/m1/s1. The lowest BCUT2D eigenvalue weighted by Crippen LogP contribution is -2.31. The third kappa shape index (κ3) is 3.48. The third-order valence-electron chi connectivity index (χ3n) is 3.73. The fourth-order valence-corrected chi connectivity index (χ4v) is 2.50. The molecule has 120 valence electrons. The van der Waals surface area contributed by atoms with Crippen molar-refractivity contribution >= 4 is 5.91 Å². The fourth-order valence-electron chi connectivity index (χ4n) is 2.50. The Morgan fingerprint density at radius 1 is 1.17 bits per heavy atom. The number of amides is 1. The maximum absolute atomic E-state index is 13.5. The number of halogens is 2. The van der Waals surface area contributed by atoms with Gasteiger partial charge in [-0.25, -0.2) is 8.78 Å². The summed E-state index contributed by atoms with van der Waals surface area (Å²) in [6, 6.07) is 9.50. The van der Waals surface area contributed by atoms with Crippen LogP contribution in [-0.2, 0) is 0 Å². The Bertz CT molecular complexity index is 719. The van der Waals surface area contributed by atoms with Crippen LogP contribution in [0.4, 0.5) is 8.78 Å². The molecule has 23 heavy (non-hydrogen) atoms. The largest absolute Gasteiger partial charge is 0.454 e. The Morgan fingerprint density at radius 3 is 2.52 bits per heavy atom. The molecule has 1 aliphatic heterocycles. The van der Waals surface area contributed by atoms with Gasteiger partial charge in [-0.15, -0.1) is 0 Å². The molecule has 0 spiro atoms. The van der Waals surface area contributed by atoms with Crippen LogP contribution in [-0.4, -0.2) is 29.9 Å². The van der Waals surface area contributed by atoms with Gasteiger partial charge >= 0.3 is 0 Å². The highest BCUT2D eigenvalue weighted by molar-refractivity contribution is 5.94. The number of hydrogen-bond acceptors (Lipinski definition) is 3. The van der Waals surface area contributed by atoms with E-state index in [1.165, 1.54) is 6.07 Å². The summed E-state index contributed by atoms with van der Waals surface area (Å²) in [6.07, 6.45) is 0.802. The smallest absolute Gasteiger partial charge is 0.253 e. The number of carbonyl (C=O) groups is 1. The van der Waals surface area contributed by atoms with E-state index in [9.17, 15) is 13.6 Å². The molecule has 2 N–H and O–H groups in total. The molecule has 2 aromatic carbocycles. The molecule has 1 aliphatic rings. The van der Waals surface area contributed by atoms with Crippen molar-refractivity contribution in [2.45, 2.75) is 12.5 Å². The molecule has 4 nitrogen and oxygen atoms in total. The van der Waals surface area contributed by atoms with Crippen LogP contribution in [0, 0.1) is 11.6 Å². The van der Waals surface area contributed by atoms with Crippen LogP contribution in [0.1, 0.15) is 16.8 Å². The lowest BCUT2D eigenvalue weighted by Gasteiger charge is -2.16. The molecule has 1 saturated heterocycles. The van der Waals surface area contributed by atoms with E-state index >= 15 is 0 Å². The molecule has 2 aromatic rings. The number of nitrogens with two attached hydrogens (primary N) is 1. The molecule has 1 fully saturated rings. The van der Waals surface area contributed by atoms with Gasteiger partial charge in [0.1, 0.15) is 11.6 Å². The molecule has 1 atom stereocenters. The molecule has 0 unspecified atom stereocenters. The number of nitrogens with zero attached hydrogens (tertiary/aromatic N) is 1. The molecule has 0 bridgehead atoms. The Hall–Kier alpha value is -2.47. The van der Waals surface area contributed by atoms with Gasteiger partial charge in [0.15, 0.2) is 11.6 Å². The molecule has 1 heterocycles. The van der Waals surface area contributed by atoms with Crippen molar-refractivity contribution < 1.29 is 18.3 Å². The van der Waals surface area contributed by atoms with Gasteiger partial charge in [0.05, 0.1) is 0 Å². The predicted molar refractivity (Wildman–Crippen MR) is 81.4 cm³/mol. The summed E-state index contributed by atoms with van der Waals surface area (Å²) in [5.41, 5.74) is 6.32. The summed E-state index contributed by atoms with van der Waals surface area (Å²) < 4.78 is 31.8. The normalized spacial score (nSPS) is 17.3. The monoisotopic (exact) mass is 318 g/mol. The average Bonchev–Trinajstić information content (AvgIpc) is 2.97. The quantitative estimate of drug-likeness (QED) is 0.946. The zero-order chi connectivity index (χ0) is 16.4. The number of rotatable bonds is 3. The first-order chi connectivity index (χ1) is 11.0. The zero-order valence-electron chi connectivity index (χ0n) is 12.3. The predicted octanol–water partition coefficient (Wildman–Crippen LogP) is 2.93. The molecular formula is C17H16F2N2O2. The Morgan fingerprint density at radius 2 is 1.91 bits per heavy atom. The Balaban J connectivity index is 1.70. The van der Waals surface area contributed by atoms with Crippen molar-refractivity contribution in [1.82, 2.24) is 4.90 Å². The molecule has 0 saturated carbocycles. The maximum Gasteiger partial charge on any atom is 0.253 e. The molecule has 0 radical (unpaired) electrons. The molecule has 6 heteroatoms. The van der Waals surface area contributed by atoms with Crippen molar-refractivity contribution in [3.63, 3.8) is 0 Å². The summed E-state index contributed by atoms with van der Waals surface area (Å²) in [7, 11) is 0. The van der Waals surface area contributed by atoms with E-state index in [1.807, 2.05) is 0 Å². The van der Waals surface area contributed by atoms with Crippen LogP contribution in [0.25, 0.3) is 0 Å². The third-order valence-corrected chi connectivity index (χ3v) is 3.73. The number of ether oxygens (including phenoxy) is 1. The first-order valence-electron chi connectivity index (χ1n) is 7.31. The Kier molecular flexibility index (Phi) is 4.25. The highest BCUT2D eigenvalue weighted by Crippen LogP contribution is 2.25. The topological polar surface area (TPSA) is 55.6 Å². The number of carbonyl (C=O) groups excluding carboxylic acids is 1. The van der Waals surface area contributed by atoms with Crippen molar-refractivity contribution in [2.75, 3.05) is 13.1 Å². The highest BCUT2D eigenvalue weighted by Gasteiger charge is 2.24. The van der Waals surface area contributed by atoms with Gasteiger partial charge in [0.2, 0.25) is 0 Å². The summed E-state index contributed by atoms with van der Waals surface area (Å²) in [6.45, 7) is 1.21. The van der Waals surface area contributed by atoms with Gasteiger partial charge in [-0.2, -0.15) is 0 Å². The minimum absolute atomic E-state index is 0.0306. The van der Waals surface area contributed by atoms with E-state index in [0.29, 0.717) is 24.4 Å². The van der Waals surface area contributed by atoms with Gasteiger partial charge in [-0.3, -0.25) is 4.79 Å². The van der Waals surface area contributed by atoms with Gasteiger partial charge < -0.3 is 15.4 Å². The summed E-state index contributed by atoms with van der Waals surface area (Å²) in [5, 5.41) is 0. The van der Waals surface area contributed by atoms with Crippen molar-refractivity contribution in [1.29, 1.82) is 0 Å². The van der Waals surface area contributed by atoms with E-state index in [2.05, 4.69) is 0 Å². The van der Waals surface area contributed by atoms with Crippen molar-refractivity contribution in [2.24, 2.45) is 5.73 Å². The second-order valence-electron chi connectivity index (χ2n) is 5.50. The molecule has 0 aliphatic carbocycles. The lowest BCUT2D eigenvalue weighted by atomic mass is 10.2. The molecular weight excluding hydrogens is 302 g/mol. The van der Waals surface area contributed by atoms with Crippen LogP contribution < -0.4 is 10.5 Å². The van der Waals surface area contributed by atoms with Gasteiger partial charge in [-0.1, -0.05) is 0 Å². The van der Waals surface area contributed by atoms with Crippen LogP contribution in [0.3, 0.4) is 0 Å². The SMILES string of the molecule is N[C@@H]1CCN(C(=O)c2ccc(Oc3ccc(F)cc3F)cc2)C1. The van der Waals surface area contributed by atoms with Gasteiger partial charge in [0, 0.05) is 30.8 Å². The summed E-state index contributed by atoms with van der Waals surface area (Å²) >= 11 is 0. The molecule has 1 amide bonds. The fraction of sp³-hybridized carbons (Fsp3) is 0.235. The van der Waals surface area contributed by atoms with E-state index in [4.69, 9.17) is 10.5 Å². The lowest BCUT2D eigenvalue weighted by molar-refractivity contribution is 0.0791. The minimum Gasteiger partial charge on any atom is -0.454 e. The first kappa shape index (κ1) is 15.4. The van der Waals surface area contributed by atoms with E-state index in [-0.39, 0.29) is 17.7 Å². The minimum atomic E-state index is -0.781. The van der Waals surface area contributed by atoms with Crippen LogP contribution in [0.5, 0.6) is 11.5 Å². The molecule has 3 rings (SSSR count). The second kappa shape index (κ2) is 6.34. The second-order valence-corrected chi connectivity index (χ2v) is 5.50. The average molecular weight is 318 g/mol. The first-order valence-corrected chi connectivity index (χ1v) is 7.31. The number of likely N-dealkylation sites (tertiary alicyclic amines) is 1. The van der Waals surface area contributed by atoms with Gasteiger partial charge in [-0.05, 0) is 42.8 Å². The van der Waals surface area contributed by atoms with Crippen molar-refractivity contribution in [3.8, 4) is 11.5 Å². The Labute approximate surface area is 132 Å². The summed E-state index contributed by atoms with van der Waals surface area (Å²) in [5.74, 6) is -1.24. The maximum atomic E-state index is 13.5.